The molecular formula is C17H28O4. The van der Waals surface area contributed by atoms with Crippen molar-refractivity contribution in [2.75, 3.05) is 7.11 Å². The van der Waals surface area contributed by atoms with Crippen LogP contribution in [0.3, 0.4) is 0 Å². The standard InChI is InChI=1S/C17H28O4/c1-4-5-6-7-8-9-10-11-12-16(21-15(2)18)13-14-17(19)20-3/h16H,4-10,13-14H2,1-3H3/t16-/m0/s1. The Morgan fingerprint density at radius 2 is 1.76 bits per heavy atom. The van der Waals surface area contributed by atoms with Gasteiger partial charge in [0.1, 0.15) is 0 Å². The molecule has 0 aliphatic heterocycles. The third-order valence-corrected chi connectivity index (χ3v) is 3.06. The predicted octanol–water partition coefficient (Wildman–Crippen LogP) is 3.63. The Morgan fingerprint density at radius 1 is 1.10 bits per heavy atom. The molecule has 0 bridgehead atoms. The minimum absolute atomic E-state index is 0.208. The number of carbonyl (C=O) groups is 2. The van der Waals surface area contributed by atoms with Crippen LogP contribution < -0.4 is 0 Å². The molecule has 0 unspecified atom stereocenters. The van der Waals surface area contributed by atoms with Crippen molar-refractivity contribution < 1.29 is 19.1 Å². The summed E-state index contributed by atoms with van der Waals surface area (Å²) >= 11 is 0. The number of hydrogen-bond acceptors (Lipinski definition) is 4. The van der Waals surface area contributed by atoms with Crippen LogP contribution in [0.2, 0.25) is 0 Å². The molecule has 0 aromatic heterocycles. The zero-order valence-electron chi connectivity index (χ0n) is 13.6. The van der Waals surface area contributed by atoms with Gasteiger partial charge in [-0.2, -0.15) is 0 Å². The average Bonchev–Trinajstić information content (AvgIpc) is 2.46. The first kappa shape index (κ1) is 19.5. The Balaban J connectivity index is 3.96. The van der Waals surface area contributed by atoms with E-state index in [0.717, 1.165) is 12.8 Å². The molecule has 0 fully saturated rings. The Morgan fingerprint density at radius 3 is 2.38 bits per heavy atom. The lowest BCUT2D eigenvalue weighted by atomic mass is 10.1. The van der Waals surface area contributed by atoms with Gasteiger partial charge >= 0.3 is 11.9 Å². The van der Waals surface area contributed by atoms with E-state index in [1.807, 2.05) is 0 Å². The summed E-state index contributed by atoms with van der Waals surface area (Å²) in [4.78, 5) is 22.1. The van der Waals surface area contributed by atoms with Gasteiger partial charge in [-0.05, 0) is 6.42 Å². The maximum absolute atomic E-state index is 11.1. The van der Waals surface area contributed by atoms with Crippen LogP contribution in [0.5, 0.6) is 0 Å². The summed E-state index contributed by atoms with van der Waals surface area (Å²) in [6.07, 6.45) is 8.25. The molecule has 0 radical (unpaired) electrons. The van der Waals surface area contributed by atoms with Crippen LogP contribution in [0.15, 0.2) is 0 Å². The van der Waals surface area contributed by atoms with Crippen molar-refractivity contribution in [1.29, 1.82) is 0 Å². The molecule has 0 amide bonds. The van der Waals surface area contributed by atoms with Crippen LogP contribution in [-0.4, -0.2) is 25.2 Å². The van der Waals surface area contributed by atoms with Gasteiger partial charge in [0.2, 0.25) is 0 Å². The maximum atomic E-state index is 11.1. The van der Waals surface area contributed by atoms with Gasteiger partial charge in [-0.15, -0.1) is 0 Å². The first-order valence-electron chi connectivity index (χ1n) is 7.82. The number of unbranched alkanes of at least 4 members (excludes halogenated alkanes) is 6. The largest absolute Gasteiger partial charge is 0.469 e. The second kappa shape index (κ2) is 13.5. The third-order valence-electron chi connectivity index (χ3n) is 3.06. The molecule has 0 aliphatic rings. The van der Waals surface area contributed by atoms with Gasteiger partial charge in [-0.3, -0.25) is 9.59 Å². The molecule has 0 saturated heterocycles. The molecule has 0 spiro atoms. The first-order chi connectivity index (χ1) is 10.1. The Hall–Kier alpha value is -1.50. The normalized spacial score (nSPS) is 11.2. The van der Waals surface area contributed by atoms with Gasteiger partial charge in [0.05, 0.1) is 7.11 Å². The minimum atomic E-state index is -0.512. The van der Waals surface area contributed by atoms with E-state index in [1.165, 1.54) is 46.1 Å². The summed E-state index contributed by atoms with van der Waals surface area (Å²) in [5, 5.41) is 0. The molecule has 4 heteroatoms. The van der Waals surface area contributed by atoms with Crippen molar-refractivity contribution in [2.24, 2.45) is 0 Å². The fourth-order valence-electron chi connectivity index (χ4n) is 1.89. The molecule has 0 aromatic rings. The summed E-state index contributed by atoms with van der Waals surface area (Å²) in [6.45, 7) is 3.55. The molecule has 120 valence electrons. The summed E-state index contributed by atoms with van der Waals surface area (Å²) in [5.41, 5.74) is 0. The quantitative estimate of drug-likeness (QED) is 0.351. The molecule has 4 nitrogen and oxygen atoms in total. The summed E-state index contributed by atoms with van der Waals surface area (Å²) in [6, 6.07) is 0. The van der Waals surface area contributed by atoms with E-state index in [1.54, 1.807) is 0 Å². The fraction of sp³-hybridized carbons (Fsp3) is 0.765. The number of carbonyl (C=O) groups excluding carboxylic acids is 2. The number of hydrogen-bond donors (Lipinski definition) is 0. The third kappa shape index (κ3) is 13.2. The highest BCUT2D eigenvalue weighted by Crippen LogP contribution is 2.07. The lowest BCUT2D eigenvalue weighted by Crippen LogP contribution is -2.16. The van der Waals surface area contributed by atoms with E-state index in [0.29, 0.717) is 6.42 Å². The number of ether oxygens (including phenoxy) is 2. The van der Waals surface area contributed by atoms with Crippen LogP contribution in [0, 0.1) is 11.8 Å². The van der Waals surface area contributed by atoms with Crippen molar-refractivity contribution in [3.8, 4) is 11.8 Å². The Labute approximate surface area is 128 Å². The van der Waals surface area contributed by atoms with Crippen molar-refractivity contribution in [1.82, 2.24) is 0 Å². The predicted molar refractivity (Wildman–Crippen MR) is 82.6 cm³/mol. The highest BCUT2D eigenvalue weighted by Gasteiger charge is 2.11. The van der Waals surface area contributed by atoms with Gasteiger partial charge in [0.15, 0.2) is 6.10 Å². The molecule has 0 rings (SSSR count). The zero-order chi connectivity index (χ0) is 15.9. The van der Waals surface area contributed by atoms with Crippen molar-refractivity contribution in [3.63, 3.8) is 0 Å². The highest BCUT2D eigenvalue weighted by molar-refractivity contribution is 5.69. The SMILES string of the molecule is CCCCCCCCC#C[C@@H](CCC(=O)OC)OC(C)=O. The Bertz CT molecular complexity index is 352. The summed E-state index contributed by atoms with van der Waals surface area (Å²) < 4.78 is 9.65. The first-order valence-corrected chi connectivity index (χ1v) is 7.82. The molecule has 0 N–H and O–H groups in total. The molecular weight excluding hydrogens is 268 g/mol. The number of rotatable bonds is 10. The minimum Gasteiger partial charge on any atom is -0.469 e. The van der Waals surface area contributed by atoms with E-state index in [9.17, 15) is 9.59 Å². The smallest absolute Gasteiger partial charge is 0.305 e. The van der Waals surface area contributed by atoms with E-state index in [2.05, 4.69) is 23.5 Å². The van der Waals surface area contributed by atoms with E-state index >= 15 is 0 Å². The lowest BCUT2D eigenvalue weighted by Gasteiger charge is -2.09. The average molecular weight is 296 g/mol. The van der Waals surface area contributed by atoms with Gasteiger partial charge < -0.3 is 9.47 Å². The summed E-state index contributed by atoms with van der Waals surface area (Å²) in [7, 11) is 1.34. The zero-order valence-corrected chi connectivity index (χ0v) is 13.6. The van der Waals surface area contributed by atoms with Crippen LogP contribution >= 0.6 is 0 Å². The van der Waals surface area contributed by atoms with Gasteiger partial charge in [0.25, 0.3) is 0 Å². The second-order valence-corrected chi connectivity index (χ2v) is 5.05. The van der Waals surface area contributed by atoms with Crippen molar-refractivity contribution in [3.05, 3.63) is 0 Å². The van der Waals surface area contributed by atoms with Crippen LogP contribution in [0.25, 0.3) is 0 Å². The topological polar surface area (TPSA) is 52.6 Å². The Kier molecular flexibility index (Phi) is 12.5. The molecule has 21 heavy (non-hydrogen) atoms. The van der Waals surface area contributed by atoms with Gasteiger partial charge in [-0.25, -0.2) is 0 Å². The highest BCUT2D eigenvalue weighted by atomic mass is 16.5. The number of esters is 2. The monoisotopic (exact) mass is 296 g/mol. The molecule has 0 saturated carbocycles. The second-order valence-electron chi connectivity index (χ2n) is 5.05. The lowest BCUT2D eigenvalue weighted by molar-refractivity contribution is -0.147. The summed E-state index contributed by atoms with van der Waals surface area (Å²) in [5.74, 6) is 5.28. The van der Waals surface area contributed by atoms with Crippen LogP contribution in [-0.2, 0) is 19.1 Å². The van der Waals surface area contributed by atoms with Crippen molar-refractivity contribution >= 4 is 11.9 Å². The molecule has 1 atom stereocenters. The van der Waals surface area contributed by atoms with E-state index < -0.39 is 6.10 Å². The van der Waals surface area contributed by atoms with Crippen molar-refractivity contribution in [2.45, 2.75) is 77.7 Å². The molecule has 0 aromatic carbocycles. The fourth-order valence-corrected chi connectivity index (χ4v) is 1.89. The van der Waals surface area contributed by atoms with Gasteiger partial charge in [0, 0.05) is 26.2 Å². The van der Waals surface area contributed by atoms with Crippen LogP contribution in [0.4, 0.5) is 0 Å². The molecule has 0 aliphatic carbocycles. The maximum Gasteiger partial charge on any atom is 0.305 e. The number of methoxy groups -OCH3 is 1. The van der Waals surface area contributed by atoms with Crippen LogP contribution in [0.1, 0.15) is 71.6 Å². The molecule has 0 heterocycles. The van der Waals surface area contributed by atoms with E-state index in [4.69, 9.17) is 4.74 Å². The van der Waals surface area contributed by atoms with Gasteiger partial charge in [-0.1, -0.05) is 50.9 Å². The van der Waals surface area contributed by atoms with E-state index in [-0.39, 0.29) is 18.4 Å².